The van der Waals surface area contributed by atoms with Gasteiger partial charge in [-0.15, -0.1) is 0 Å². The van der Waals surface area contributed by atoms with Gasteiger partial charge < -0.3 is 15.5 Å². The Morgan fingerprint density at radius 3 is 2.76 bits per heavy atom. The van der Waals surface area contributed by atoms with Crippen LogP contribution < -0.4 is 15.9 Å². The van der Waals surface area contributed by atoms with Gasteiger partial charge in [-0.3, -0.25) is 4.57 Å². The molecule has 2 unspecified atom stereocenters. The monoisotopic (exact) mass is 391 g/mol. The summed E-state index contributed by atoms with van der Waals surface area (Å²) in [5.74, 6) is 1.97. The van der Waals surface area contributed by atoms with Crippen molar-refractivity contribution in [2.24, 2.45) is 28.9 Å². The Morgan fingerprint density at radius 2 is 2.00 bits per heavy atom. The van der Waals surface area contributed by atoms with Crippen LogP contribution in [0, 0.1) is 11.8 Å². The quantitative estimate of drug-likeness (QED) is 0.743. The largest absolute Gasteiger partial charge is 0.493 e. The van der Waals surface area contributed by atoms with Crippen LogP contribution in [0.5, 0.6) is 5.88 Å². The second-order valence-electron chi connectivity index (χ2n) is 9.56. The first-order valence-electron chi connectivity index (χ1n) is 10.4. The van der Waals surface area contributed by atoms with E-state index in [1.165, 1.54) is 6.42 Å². The maximum Gasteiger partial charge on any atom is 0.220 e. The number of aliphatic imine (C=N–C) groups is 1. The first-order chi connectivity index (χ1) is 13.9. The zero-order valence-electron chi connectivity index (χ0n) is 16.5. The van der Waals surface area contributed by atoms with Crippen molar-refractivity contribution in [3.05, 3.63) is 34.5 Å². The topological polar surface area (TPSA) is 95.0 Å². The molecule has 2 heterocycles. The number of aliphatic hydroxyl groups is 1. The number of hydrogen-bond acceptors (Lipinski definition) is 6. The third-order valence-electron chi connectivity index (χ3n) is 7.19. The number of nitrogens with zero attached hydrogens (tertiary/aromatic N) is 4. The lowest BCUT2D eigenvalue weighted by molar-refractivity contribution is -0.128. The van der Waals surface area contributed by atoms with E-state index < -0.39 is 5.60 Å². The molecule has 150 valence electrons. The molecule has 0 radical (unpaired) electrons. The molecule has 4 aliphatic carbocycles. The number of benzene rings is 1. The number of hydrogen-bond donors (Lipinski definition) is 3. The molecule has 4 fully saturated rings. The first-order valence-corrected chi connectivity index (χ1v) is 10.4. The maximum absolute atomic E-state index is 11.0. The smallest absolute Gasteiger partial charge is 0.220 e. The predicted molar refractivity (Wildman–Crippen MR) is 110 cm³/mol. The lowest BCUT2D eigenvalue weighted by Gasteiger charge is -2.60. The van der Waals surface area contributed by atoms with E-state index in [0.29, 0.717) is 23.5 Å². The summed E-state index contributed by atoms with van der Waals surface area (Å²) < 4.78 is 1.70. The molecule has 1 aromatic heterocycles. The first kappa shape index (κ1) is 17.2. The molecule has 0 saturated heterocycles. The molecule has 1 aliphatic heterocycles. The van der Waals surface area contributed by atoms with Crippen molar-refractivity contribution in [2.45, 2.75) is 49.7 Å². The highest BCUT2D eigenvalue weighted by atomic mass is 16.3. The molecule has 1 aromatic carbocycles. The van der Waals surface area contributed by atoms with Gasteiger partial charge in [0.25, 0.3) is 0 Å². The summed E-state index contributed by atoms with van der Waals surface area (Å²) in [6, 6.07) is 5.81. The van der Waals surface area contributed by atoms with Crippen molar-refractivity contribution in [2.75, 3.05) is 5.32 Å². The summed E-state index contributed by atoms with van der Waals surface area (Å²) in [5, 5.41) is 27.1. The molecule has 7 rings (SSSR count). The van der Waals surface area contributed by atoms with Gasteiger partial charge in [-0.2, -0.15) is 0 Å². The highest BCUT2D eigenvalue weighted by Gasteiger charge is 2.57. The molecular weight excluding hydrogens is 366 g/mol. The van der Waals surface area contributed by atoms with Crippen LogP contribution in [0.3, 0.4) is 0 Å². The van der Waals surface area contributed by atoms with Crippen molar-refractivity contribution in [1.29, 1.82) is 0 Å². The van der Waals surface area contributed by atoms with Gasteiger partial charge in [0, 0.05) is 12.6 Å². The van der Waals surface area contributed by atoms with E-state index in [4.69, 9.17) is 4.98 Å². The normalized spacial score (nSPS) is 34.5. The summed E-state index contributed by atoms with van der Waals surface area (Å²) >= 11 is 0. The third kappa shape index (κ3) is 2.71. The van der Waals surface area contributed by atoms with Gasteiger partial charge in [0.1, 0.15) is 12.0 Å². The maximum atomic E-state index is 11.0. The van der Waals surface area contributed by atoms with Crippen molar-refractivity contribution < 1.29 is 10.2 Å². The van der Waals surface area contributed by atoms with Gasteiger partial charge >= 0.3 is 0 Å². The van der Waals surface area contributed by atoms with E-state index in [-0.39, 0.29) is 11.4 Å². The van der Waals surface area contributed by atoms with E-state index in [1.54, 1.807) is 10.9 Å². The molecular formula is C22H25N5O2. The Hall–Kier alpha value is -2.67. The predicted octanol–water partition coefficient (Wildman–Crippen LogP) is 1.74. The van der Waals surface area contributed by atoms with Crippen molar-refractivity contribution >= 4 is 24.1 Å². The minimum Gasteiger partial charge on any atom is -0.493 e. The minimum atomic E-state index is -0.533. The van der Waals surface area contributed by atoms with Crippen LogP contribution in [0.2, 0.25) is 0 Å². The number of aromatic hydroxyl groups is 1. The van der Waals surface area contributed by atoms with Crippen LogP contribution in [0.1, 0.15) is 44.2 Å². The SMILES string of the molecule is Cn1c(NC23CC4CC(CC(O)(C4)C2)C3)nc(/C=c2\ccc3c(c2)N=CN=3)c1O. The van der Waals surface area contributed by atoms with Crippen molar-refractivity contribution in [3.8, 4) is 5.88 Å². The molecule has 7 heteroatoms. The van der Waals surface area contributed by atoms with Crippen LogP contribution in [0.4, 0.5) is 11.6 Å². The number of aromatic nitrogens is 2. The summed E-state index contributed by atoms with van der Waals surface area (Å²) in [6.07, 6.45) is 9.44. The second kappa shape index (κ2) is 5.69. The molecule has 7 nitrogen and oxygen atoms in total. The Kier molecular flexibility index (Phi) is 3.38. The van der Waals surface area contributed by atoms with Gasteiger partial charge in [-0.1, -0.05) is 6.07 Å². The Bertz CT molecular complexity index is 1150. The van der Waals surface area contributed by atoms with Gasteiger partial charge in [0.05, 0.1) is 16.6 Å². The van der Waals surface area contributed by atoms with E-state index in [2.05, 4.69) is 15.3 Å². The molecule has 3 N–H and O–H groups in total. The van der Waals surface area contributed by atoms with Crippen LogP contribution in [-0.2, 0) is 7.05 Å². The van der Waals surface area contributed by atoms with Gasteiger partial charge in [-0.05, 0) is 73.8 Å². The standard InChI is InChI=1S/C22H25N5O2/c1-27-19(28)18(6-13-2-3-16-17(5-13)24-12-23-16)25-20(27)26-21-7-14-4-15(8-21)10-22(29,9-14)11-21/h2-3,5-6,12,14-15,28-29H,4,7-11H2,1H3,(H,25,26)/b13-6+. The minimum absolute atomic E-state index is 0.120. The fraction of sp³-hybridized carbons (Fsp3) is 0.500. The van der Waals surface area contributed by atoms with E-state index in [1.807, 2.05) is 31.3 Å². The fourth-order valence-corrected chi connectivity index (χ4v) is 6.47. The number of fused-ring (bicyclic) bond motifs is 1. The number of nitrogens with one attached hydrogen (secondary N) is 1. The summed E-state index contributed by atoms with van der Waals surface area (Å²) in [7, 11) is 1.82. The van der Waals surface area contributed by atoms with Crippen molar-refractivity contribution in [1.82, 2.24) is 9.55 Å². The van der Waals surface area contributed by atoms with Gasteiger partial charge in [0.15, 0.2) is 0 Å². The zero-order chi connectivity index (χ0) is 19.8. The van der Waals surface area contributed by atoms with E-state index in [9.17, 15) is 10.2 Å². The number of anilines is 1. The number of rotatable bonds is 3. The average molecular weight is 391 g/mol. The van der Waals surface area contributed by atoms with Crippen molar-refractivity contribution in [3.63, 3.8) is 0 Å². The zero-order valence-corrected chi connectivity index (χ0v) is 16.5. The summed E-state index contributed by atoms with van der Waals surface area (Å²) in [5.41, 5.74) is 0.701. The fourth-order valence-electron chi connectivity index (χ4n) is 6.47. The van der Waals surface area contributed by atoms with Gasteiger partial charge in [-0.25, -0.2) is 15.0 Å². The molecule has 2 aromatic rings. The van der Waals surface area contributed by atoms with Crippen LogP contribution in [0.25, 0.3) is 6.08 Å². The average Bonchev–Trinajstić information content (AvgIpc) is 3.20. The van der Waals surface area contributed by atoms with E-state index in [0.717, 1.165) is 48.4 Å². The Balaban J connectivity index is 1.34. The summed E-state index contributed by atoms with van der Waals surface area (Å²) in [6.45, 7) is 0. The van der Waals surface area contributed by atoms with E-state index >= 15 is 0 Å². The molecule has 4 bridgehead atoms. The molecule has 29 heavy (non-hydrogen) atoms. The molecule has 0 spiro atoms. The molecule has 0 amide bonds. The molecule has 4 saturated carbocycles. The number of imidazole rings is 1. The lowest BCUT2D eigenvalue weighted by Crippen LogP contribution is -2.62. The molecule has 5 aliphatic rings. The highest BCUT2D eigenvalue weighted by Crippen LogP contribution is 2.58. The Labute approximate surface area is 168 Å². The van der Waals surface area contributed by atoms with Crippen LogP contribution in [-0.4, -0.2) is 37.2 Å². The lowest BCUT2D eigenvalue weighted by atomic mass is 9.51. The van der Waals surface area contributed by atoms with Crippen LogP contribution in [0.15, 0.2) is 28.2 Å². The second-order valence-corrected chi connectivity index (χ2v) is 9.56. The van der Waals surface area contributed by atoms with Gasteiger partial charge in [0.2, 0.25) is 11.8 Å². The highest BCUT2D eigenvalue weighted by molar-refractivity contribution is 5.67. The molecule has 2 atom stereocenters. The summed E-state index contributed by atoms with van der Waals surface area (Å²) in [4.78, 5) is 13.1. The third-order valence-corrected chi connectivity index (χ3v) is 7.19. The Morgan fingerprint density at radius 1 is 1.21 bits per heavy atom. The van der Waals surface area contributed by atoms with Crippen LogP contribution >= 0.6 is 0 Å².